The van der Waals surface area contributed by atoms with E-state index in [1.807, 2.05) is 0 Å². The van der Waals surface area contributed by atoms with Gasteiger partial charge in [0, 0.05) is 14.6 Å². The van der Waals surface area contributed by atoms with Crippen LogP contribution in [0.3, 0.4) is 0 Å². The van der Waals surface area contributed by atoms with E-state index in [1.165, 1.54) is 6.26 Å². The summed E-state index contributed by atoms with van der Waals surface area (Å²) in [6.45, 7) is 0. The van der Waals surface area contributed by atoms with Gasteiger partial charge in [0.05, 0.1) is 12.0 Å². The van der Waals surface area contributed by atoms with E-state index in [2.05, 4.69) is 37.2 Å². The van der Waals surface area contributed by atoms with Gasteiger partial charge in [-0.15, -0.1) is 0 Å². The number of carbonyl (C=O) groups is 1. The van der Waals surface area contributed by atoms with Gasteiger partial charge >= 0.3 is 0 Å². The van der Waals surface area contributed by atoms with E-state index in [0.717, 1.165) is 0 Å². The van der Waals surface area contributed by atoms with E-state index < -0.39 is 0 Å². The van der Waals surface area contributed by atoms with E-state index in [9.17, 15) is 4.79 Å². The Kier molecular flexibility index (Phi) is 3.54. The van der Waals surface area contributed by atoms with Crippen LogP contribution >= 0.6 is 31.9 Å². The number of benzene rings is 1. The summed E-state index contributed by atoms with van der Waals surface area (Å²) in [5.41, 5.74) is 6.87. The van der Waals surface area contributed by atoms with Crippen molar-refractivity contribution in [2.45, 2.75) is 0 Å². The molecule has 1 aromatic heterocycles. The monoisotopic (exact) mass is 358 g/mol. The van der Waals surface area contributed by atoms with Gasteiger partial charge in [0.15, 0.2) is 5.76 Å². The first-order valence-electron chi connectivity index (χ1n) is 4.67. The summed E-state index contributed by atoms with van der Waals surface area (Å²) in [6.07, 6.45) is 1.45. The van der Waals surface area contributed by atoms with Crippen LogP contribution in [0.5, 0.6) is 0 Å². The molecule has 0 bridgehead atoms. The van der Waals surface area contributed by atoms with Crippen LogP contribution in [0.25, 0.3) is 0 Å². The summed E-state index contributed by atoms with van der Waals surface area (Å²) >= 11 is 6.67. The molecule has 0 saturated heterocycles. The molecule has 6 heteroatoms. The van der Waals surface area contributed by atoms with Gasteiger partial charge < -0.3 is 15.5 Å². The van der Waals surface area contributed by atoms with E-state index in [0.29, 0.717) is 20.3 Å². The first-order valence-corrected chi connectivity index (χ1v) is 6.26. The number of carbonyl (C=O) groups excluding carboxylic acids is 1. The smallest absolute Gasteiger partial charge is 0.291 e. The third-order valence-electron chi connectivity index (χ3n) is 2.05. The maximum Gasteiger partial charge on any atom is 0.291 e. The zero-order valence-electron chi connectivity index (χ0n) is 8.54. The number of hydrogen-bond acceptors (Lipinski definition) is 3. The lowest BCUT2D eigenvalue weighted by molar-refractivity contribution is 0.0996. The average molecular weight is 360 g/mol. The molecule has 0 atom stereocenters. The second kappa shape index (κ2) is 4.93. The number of hydrogen-bond donors (Lipinski definition) is 2. The fourth-order valence-electron chi connectivity index (χ4n) is 1.30. The normalized spacial score (nSPS) is 10.2. The molecule has 17 heavy (non-hydrogen) atoms. The predicted octanol–water partition coefficient (Wildman–Crippen LogP) is 3.64. The molecular formula is C11H8Br2N2O2. The first-order chi connectivity index (χ1) is 8.08. The summed E-state index contributed by atoms with van der Waals surface area (Å²) in [5, 5.41) is 2.73. The Bertz CT molecular complexity index is 530. The number of anilines is 2. The highest BCUT2D eigenvalue weighted by Gasteiger charge is 2.13. The third-order valence-corrected chi connectivity index (χ3v) is 3.30. The lowest BCUT2D eigenvalue weighted by Gasteiger charge is -2.09. The number of rotatable bonds is 2. The van der Waals surface area contributed by atoms with Crippen molar-refractivity contribution < 1.29 is 9.21 Å². The fourth-order valence-corrected chi connectivity index (χ4v) is 2.72. The van der Waals surface area contributed by atoms with Gasteiger partial charge in [0.2, 0.25) is 0 Å². The van der Waals surface area contributed by atoms with E-state index in [-0.39, 0.29) is 11.7 Å². The number of amides is 1. The largest absolute Gasteiger partial charge is 0.459 e. The minimum absolute atomic E-state index is 0.251. The van der Waals surface area contributed by atoms with Crippen LogP contribution in [-0.2, 0) is 0 Å². The molecule has 4 nitrogen and oxygen atoms in total. The van der Waals surface area contributed by atoms with Crippen molar-refractivity contribution in [1.82, 2.24) is 0 Å². The zero-order chi connectivity index (χ0) is 12.4. The lowest BCUT2D eigenvalue weighted by Crippen LogP contribution is -2.12. The second-order valence-electron chi connectivity index (χ2n) is 3.29. The molecule has 0 unspecified atom stereocenters. The molecule has 3 N–H and O–H groups in total. The van der Waals surface area contributed by atoms with Crippen LogP contribution in [0, 0.1) is 0 Å². The highest BCUT2D eigenvalue weighted by molar-refractivity contribution is 9.11. The summed E-state index contributed by atoms with van der Waals surface area (Å²) in [5.74, 6) is -0.0678. The first kappa shape index (κ1) is 12.2. The molecule has 88 valence electrons. The van der Waals surface area contributed by atoms with Crippen LogP contribution in [-0.4, -0.2) is 5.91 Å². The molecule has 2 aromatic rings. The topological polar surface area (TPSA) is 68.3 Å². The minimum Gasteiger partial charge on any atom is -0.459 e. The van der Waals surface area contributed by atoms with Crippen LogP contribution < -0.4 is 11.1 Å². The number of halogens is 2. The Morgan fingerprint density at radius 3 is 2.47 bits per heavy atom. The molecule has 1 heterocycles. The SMILES string of the molecule is Nc1cc(Br)c(NC(=O)c2ccco2)c(Br)c1. The van der Waals surface area contributed by atoms with Crippen molar-refractivity contribution in [3.8, 4) is 0 Å². The van der Waals surface area contributed by atoms with Crippen molar-refractivity contribution in [2.75, 3.05) is 11.1 Å². The lowest BCUT2D eigenvalue weighted by atomic mass is 10.3. The van der Waals surface area contributed by atoms with Crippen molar-refractivity contribution in [3.63, 3.8) is 0 Å². The molecule has 1 aromatic carbocycles. The molecule has 1 amide bonds. The minimum atomic E-state index is -0.318. The molecule has 0 fully saturated rings. The van der Waals surface area contributed by atoms with Gasteiger partial charge in [0.1, 0.15) is 0 Å². The van der Waals surface area contributed by atoms with Crippen molar-refractivity contribution >= 4 is 49.1 Å². The van der Waals surface area contributed by atoms with Gasteiger partial charge in [-0.1, -0.05) is 0 Å². The standard InChI is InChI=1S/C11H8Br2N2O2/c12-7-4-6(14)5-8(13)10(7)15-11(16)9-2-1-3-17-9/h1-5H,14H2,(H,15,16). The Hall–Kier alpha value is -1.27. The molecule has 0 saturated carbocycles. The Morgan fingerprint density at radius 1 is 1.29 bits per heavy atom. The molecule has 0 aliphatic heterocycles. The summed E-state index contributed by atoms with van der Waals surface area (Å²) in [6, 6.07) is 6.67. The van der Waals surface area contributed by atoms with Gasteiger partial charge in [-0.3, -0.25) is 4.79 Å². The molecule has 0 aliphatic carbocycles. The Labute approximate surface area is 114 Å². The van der Waals surface area contributed by atoms with Crippen molar-refractivity contribution in [3.05, 3.63) is 45.2 Å². The third kappa shape index (κ3) is 2.70. The zero-order valence-corrected chi connectivity index (χ0v) is 11.7. The second-order valence-corrected chi connectivity index (χ2v) is 5.00. The van der Waals surface area contributed by atoms with Crippen LogP contribution in [0.4, 0.5) is 11.4 Å². The predicted molar refractivity (Wildman–Crippen MR) is 72.9 cm³/mol. The summed E-state index contributed by atoms with van der Waals surface area (Å²) < 4.78 is 6.40. The van der Waals surface area contributed by atoms with Crippen LogP contribution in [0.1, 0.15) is 10.6 Å². The number of furan rings is 1. The van der Waals surface area contributed by atoms with Crippen molar-refractivity contribution in [2.24, 2.45) is 0 Å². The molecule has 2 rings (SSSR count). The van der Waals surface area contributed by atoms with Gasteiger partial charge in [0.25, 0.3) is 5.91 Å². The van der Waals surface area contributed by atoms with Gasteiger partial charge in [-0.25, -0.2) is 0 Å². The van der Waals surface area contributed by atoms with Crippen LogP contribution in [0.15, 0.2) is 43.9 Å². The summed E-state index contributed by atoms with van der Waals surface area (Å²) in [4.78, 5) is 11.8. The van der Waals surface area contributed by atoms with Gasteiger partial charge in [-0.05, 0) is 56.1 Å². The van der Waals surface area contributed by atoms with Crippen LogP contribution in [0.2, 0.25) is 0 Å². The average Bonchev–Trinajstić information content (AvgIpc) is 2.76. The molecular weight excluding hydrogens is 352 g/mol. The number of nitrogens with two attached hydrogens (primary N) is 1. The van der Waals surface area contributed by atoms with E-state index in [1.54, 1.807) is 24.3 Å². The number of nitrogens with one attached hydrogen (secondary N) is 1. The maximum atomic E-state index is 11.8. The number of nitrogen functional groups attached to an aromatic ring is 1. The highest BCUT2D eigenvalue weighted by atomic mass is 79.9. The molecule has 0 radical (unpaired) electrons. The molecule has 0 aliphatic rings. The maximum absolute atomic E-state index is 11.8. The highest BCUT2D eigenvalue weighted by Crippen LogP contribution is 2.33. The molecule has 0 spiro atoms. The fraction of sp³-hybridized carbons (Fsp3) is 0. The van der Waals surface area contributed by atoms with E-state index in [4.69, 9.17) is 10.2 Å². The van der Waals surface area contributed by atoms with E-state index >= 15 is 0 Å². The quantitative estimate of drug-likeness (QED) is 0.804. The van der Waals surface area contributed by atoms with Gasteiger partial charge in [-0.2, -0.15) is 0 Å². The van der Waals surface area contributed by atoms with Crippen molar-refractivity contribution in [1.29, 1.82) is 0 Å². The Morgan fingerprint density at radius 2 is 1.94 bits per heavy atom. The summed E-state index contributed by atoms with van der Waals surface area (Å²) in [7, 11) is 0. The Balaban J connectivity index is 2.28.